The van der Waals surface area contributed by atoms with Gasteiger partial charge in [0, 0.05) is 12.8 Å². The van der Waals surface area contributed by atoms with Crippen LogP contribution in [-0.2, 0) is 9.59 Å². The topological polar surface area (TPSA) is 74.6 Å². The van der Waals surface area contributed by atoms with Crippen LogP contribution in [0.5, 0.6) is 0 Å². The first kappa shape index (κ1) is 34.3. The normalized spacial score (nSPS) is 12.6. The zero-order chi connectivity index (χ0) is 25.9. The molecule has 198 valence electrons. The Morgan fingerprint density at radius 3 is 1.18 bits per heavy atom. The lowest BCUT2D eigenvalue weighted by Gasteiger charge is -2.12. The summed E-state index contributed by atoms with van der Waals surface area (Å²) in [6, 6.07) is 0. The molecule has 0 saturated carbocycles. The Balaban J connectivity index is 0. The Bertz CT molecular complexity index is 500. The van der Waals surface area contributed by atoms with Crippen LogP contribution in [0, 0.1) is 0 Å². The molecule has 0 aromatic heterocycles. The van der Waals surface area contributed by atoms with E-state index in [9.17, 15) is 9.59 Å². The fourth-order valence-electron chi connectivity index (χ4n) is 3.75. The molecule has 4 nitrogen and oxygen atoms in total. The van der Waals surface area contributed by atoms with Crippen molar-refractivity contribution in [2.24, 2.45) is 0 Å². The second-order valence-corrected chi connectivity index (χ2v) is 9.45. The minimum atomic E-state index is -0.674. The number of carbonyl (C=O) groups is 2. The van der Waals surface area contributed by atoms with E-state index in [4.69, 9.17) is 10.2 Å². The largest absolute Gasteiger partial charge is 0.481 e. The summed E-state index contributed by atoms with van der Waals surface area (Å²) >= 11 is 0. The van der Waals surface area contributed by atoms with Gasteiger partial charge < -0.3 is 10.2 Å². The fraction of sp³-hybridized carbons (Fsp3) is 0.733. The first-order valence-electron chi connectivity index (χ1n) is 13.7. The van der Waals surface area contributed by atoms with E-state index in [0.29, 0.717) is 12.8 Å². The van der Waals surface area contributed by atoms with E-state index >= 15 is 0 Å². The highest BCUT2D eigenvalue weighted by atomic mass is 16.4. The Morgan fingerprint density at radius 2 is 0.912 bits per heavy atom. The summed E-state index contributed by atoms with van der Waals surface area (Å²) < 4.78 is 0. The van der Waals surface area contributed by atoms with Crippen LogP contribution >= 0.6 is 0 Å². The van der Waals surface area contributed by atoms with Crippen molar-refractivity contribution in [2.45, 2.75) is 142 Å². The van der Waals surface area contributed by atoms with Gasteiger partial charge in [-0.1, -0.05) is 74.7 Å². The average Bonchev–Trinajstić information content (AvgIpc) is 2.80. The van der Waals surface area contributed by atoms with Gasteiger partial charge in [0.25, 0.3) is 0 Å². The van der Waals surface area contributed by atoms with Crippen molar-refractivity contribution in [3.63, 3.8) is 0 Å². The first-order chi connectivity index (χ1) is 16.3. The number of carboxylic acid groups (broad SMARTS) is 2. The van der Waals surface area contributed by atoms with Crippen LogP contribution in [0.15, 0.2) is 36.5 Å². The van der Waals surface area contributed by atoms with E-state index in [1.54, 1.807) is 11.1 Å². The monoisotopic (exact) mass is 478 g/mol. The molecule has 4 heteroatoms. The fourth-order valence-corrected chi connectivity index (χ4v) is 3.75. The number of hydrogen-bond acceptors (Lipinski definition) is 2. The van der Waals surface area contributed by atoms with Crippen molar-refractivity contribution in [3.05, 3.63) is 36.5 Å². The third-order valence-corrected chi connectivity index (χ3v) is 6.18. The molecule has 0 atom stereocenters. The van der Waals surface area contributed by atoms with E-state index in [1.807, 2.05) is 12.2 Å². The standard InChI is InChI=1S/2C11H20O2.C8H14/c2*1-2-3-4-5-6-7-8-9-10-11(12)13;1-7-5-3-4-6-8(7)2/h2*2H,1,3-10H2,(H,12,13);3-6H2,1-2H3. The second-order valence-electron chi connectivity index (χ2n) is 9.45. The van der Waals surface area contributed by atoms with Crippen LogP contribution in [0.25, 0.3) is 0 Å². The highest BCUT2D eigenvalue weighted by molar-refractivity contribution is 5.66. The number of rotatable bonds is 18. The second kappa shape index (κ2) is 27.4. The molecule has 0 unspecified atom stereocenters. The molecule has 0 fully saturated rings. The smallest absolute Gasteiger partial charge is 0.303 e. The summed E-state index contributed by atoms with van der Waals surface area (Å²) in [6.07, 6.45) is 25.8. The third kappa shape index (κ3) is 30.2. The lowest BCUT2D eigenvalue weighted by Crippen LogP contribution is -1.93. The summed E-state index contributed by atoms with van der Waals surface area (Å²) in [7, 11) is 0. The van der Waals surface area contributed by atoms with Crippen molar-refractivity contribution in [1.29, 1.82) is 0 Å². The molecule has 1 aliphatic rings. The highest BCUT2D eigenvalue weighted by Crippen LogP contribution is 2.22. The van der Waals surface area contributed by atoms with Gasteiger partial charge in [0.2, 0.25) is 0 Å². The minimum Gasteiger partial charge on any atom is -0.481 e. The molecule has 1 rings (SSSR count). The zero-order valence-corrected chi connectivity index (χ0v) is 22.4. The van der Waals surface area contributed by atoms with Crippen LogP contribution in [-0.4, -0.2) is 22.2 Å². The molecule has 2 N–H and O–H groups in total. The van der Waals surface area contributed by atoms with E-state index in [0.717, 1.165) is 38.5 Å². The lowest BCUT2D eigenvalue weighted by molar-refractivity contribution is -0.138. The number of carboxylic acids is 2. The molecule has 0 saturated heterocycles. The summed E-state index contributed by atoms with van der Waals surface area (Å²) in [6.45, 7) is 11.8. The zero-order valence-electron chi connectivity index (χ0n) is 22.4. The predicted molar refractivity (Wildman–Crippen MR) is 146 cm³/mol. The summed E-state index contributed by atoms with van der Waals surface area (Å²) in [5, 5.41) is 16.8. The maximum absolute atomic E-state index is 10.2. The van der Waals surface area contributed by atoms with Crippen molar-refractivity contribution in [1.82, 2.24) is 0 Å². The molecule has 0 radical (unpaired) electrons. The maximum atomic E-state index is 10.2. The Morgan fingerprint density at radius 1 is 0.618 bits per heavy atom. The molecule has 1 aliphatic carbocycles. The van der Waals surface area contributed by atoms with Crippen LogP contribution in [0.3, 0.4) is 0 Å². The number of hydrogen-bond donors (Lipinski definition) is 2. The van der Waals surface area contributed by atoms with Crippen molar-refractivity contribution >= 4 is 11.9 Å². The van der Waals surface area contributed by atoms with Crippen molar-refractivity contribution < 1.29 is 19.8 Å². The lowest BCUT2D eigenvalue weighted by atomic mass is 9.94. The van der Waals surface area contributed by atoms with Gasteiger partial charge in [-0.2, -0.15) is 0 Å². The third-order valence-electron chi connectivity index (χ3n) is 6.18. The minimum absolute atomic E-state index is 0.326. The van der Waals surface area contributed by atoms with E-state index in [2.05, 4.69) is 27.0 Å². The van der Waals surface area contributed by atoms with Crippen LogP contribution in [0.4, 0.5) is 0 Å². The number of aliphatic carboxylic acids is 2. The van der Waals surface area contributed by atoms with Gasteiger partial charge in [-0.25, -0.2) is 0 Å². The molecule has 0 bridgehead atoms. The van der Waals surface area contributed by atoms with Gasteiger partial charge in [-0.15, -0.1) is 13.2 Å². The van der Waals surface area contributed by atoms with Gasteiger partial charge in [0.05, 0.1) is 0 Å². The van der Waals surface area contributed by atoms with Gasteiger partial charge in [0.1, 0.15) is 0 Å². The summed E-state index contributed by atoms with van der Waals surface area (Å²) in [4.78, 5) is 20.3. The molecular weight excluding hydrogens is 424 g/mol. The van der Waals surface area contributed by atoms with Gasteiger partial charge in [-0.05, 0) is 78.1 Å². The molecule has 0 aromatic carbocycles. The Hall–Kier alpha value is -1.84. The van der Waals surface area contributed by atoms with E-state index < -0.39 is 11.9 Å². The SMILES string of the molecule is C=CCCCCCCCCC(=O)O.C=CCCCCCCCCC(=O)O.CC1=C(C)CCCC1. The molecule has 0 heterocycles. The van der Waals surface area contributed by atoms with E-state index in [1.165, 1.54) is 77.0 Å². The van der Waals surface area contributed by atoms with E-state index in [-0.39, 0.29) is 0 Å². The quantitative estimate of drug-likeness (QED) is 0.152. The molecule has 0 aromatic rings. The van der Waals surface area contributed by atoms with Crippen molar-refractivity contribution in [3.8, 4) is 0 Å². The van der Waals surface area contributed by atoms with Gasteiger partial charge in [-0.3, -0.25) is 9.59 Å². The Labute approximate surface area is 210 Å². The first-order valence-corrected chi connectivity index (χ1v) is 13.7. The molecule has 0 spiro atoms. The van der Waals surface area contributed by atoms with Gasteiger partial charge in [0.15, 0.2) is 0 Å². The predicted octanol–water partition coefficient (Wildman–Crippen LogP) is 9.65. The number of unbranched alkanes of at least 4 members (excludes halogenated alkanes) is 12. The summed E-state index contributed by atoms with van der Waals surface area (Å²) in [5.74, 6) is -1.35. The molecule has 0 amide bonds. The van der Waals surface area contributed by atoms with Gasteiger partial charge >= 0.3 is 11.9 Å². The Kier molecular flexibility index (Phi) is 27.7. The average molecular weight is 479 g/mol. The van der Waals surface area contributed by atoms with Crippen LogP contribution in [0.2, 0.25) is 0 Å². The summed E-state index contributed by atoms with van der Waals surface area (Å²) in [5.41, 5.74) is 3.27. The molecule has 34 heavy (non-hydrogen) atoms. The molecule has 0 aliphatic heterocycles. The highest BCUT2D eigenvalue weighted by Gasteiger charge is 2.02. The van der Waals surface area contributed by atoms with Crippen LogP contribution < -0.4 is 0 Å². The molecular formula is C30H54O4. The number of allylic oxidation sites excluding steroid dienone is 4. The van der Waals surface area contributed by atoms with Crippen molar-refractivity contribution in [2.75, 3.05) is 0 Å². The van der Waals surface area contributed by atoms with Crippen LogP contribution in [0.1, 0.15) is 142 Å². The maximum Gasteiger partial charge on any atom is 0.303 e.